The normalized spacial score (nSPS) is 19.4. The number of carbonyl (C=O) groups is 1. The largest absolute Gasteiger partial charge is 0.380 e. The van der Waals surface area contributed by atoms with Crippen LogP contribution in [0.4, 0.5) is 8.78 Å². The van der Waals surface area contributed by atoms with Gasteiger partial charge in [0, 0.05) is 18.7 Å². The van der Waals surface area contributed by atoms with E-state index in [4.69, 9.17) is 4.74 Å². The van der Waals surface area contributed by atoms with E-state index in [1.807, 2.05) is 4.90 Å². The van der Waals surface area contributed by atoms with Gasteiger partial charge in [0.05, 0.1) is 18.7 Å². The van der Waals surface area contributed by atoms with Crippen molar-refractivity contribution in [2.24, 2.45) is 0 Å². The Hall–Kier alpha value is -1.33. The van der Waals surface area contributed by atoms with E-state index in [1.54, 1.807) is 7.05 Å². The maximum atomic E-state index is 13.4. The van der Waals surface area contributed by atoms with Crippen molar-refractivity contribution in [1.29, 1.82) is 0 Å². The Balaban J connectivity index is 2.02. The van der Waals surface area contributed by atoms with Gasteiger partial charge in [-0.25, -0.2) is 8.78 Å². The SMILES string of the molecule is CN(CC(=O)c1ccc(F)cc1F)C1CCOC1. The Labute approximate surface area is 104 Å². The van der Waals surface area contributed by atoms with Gasteiger partial charge in [-0.2, -0.15) is 0 Å². The van der Waals surface area contributed by atoms with Gasteiger partial charge in [0.15, 0.2) is 5.78 Å². The van der Waals surface area contributed by atoms with Crippen LogP contribution in [0.25, 0.3) is 0 Å². The summed E-state index contributed by atoms with van der Waals surface area (Å²) >= 11 is 0. The number of benzene rings is 1. The molecule has 0 aliphatic carbocycles. The minimum Gasteiger partial charge on any atom is -0.380 e. The van der Waals surface area contributed by atoms with Gasteiger partial charge in [0.2, 0.25) is 0 Å². The molecule has 98 valence electrons. The third-order valence-electron chi connectivity index (χ3n) is 3.15. The molecule has 1 unspecified atom stereocenters. The van der Waals surface area contributed by atoms with Gasteiger partial charge < -0.3 is 4.74 Å². The molecule has 0 spiro atoms. The van der Waals surface area contributed by atoms with Crippen LogP contribution >= 0.6 is 0 Å². The van der Waals surface area contributed by atoms with Gasteiger partial charge in [-0.15, -0.1) is 0 Å². The van der Waals surface area contributed by atoms with Crippen molar-refractivity contribution in [3.05, 3.63) is 35.4 Å². The quantitative estimate of drug-likeness (QED) is 0.769. The molecule has 3 nitrogen and oxygen atoms in total. The fourth-order valence-electron chi connectivity index (χ4n) is 2.03. The monoisotopic (exact) mass is 255 g/mol. The lowest BCUT2D eigenvalue weighted by molar-refractivity contribution is 0.0903. The summed E-state index contributed by atoms with van der Waals surface area (Å²) in [4.78, 5) is 13.7. The third kappa shape index (κ3) is 2.91. The van der Waals surface area contributed by atoms with Crippen LogP contribution in [0.15, 0.2) is 18.2 Å². The Kier molecular flexibility index (Phi) is 4.04. The molecule has 2 rings (SSSR count). The first-order valence-corrected chi connectivity index (χ1v) is 5.84. The summed E-state index contributed by atoms with van der Waals surface area (Å²) < 4.78 is 31.4. The summed E-state index contributed by atoms with van der Waals surface area (Å²) in [7, 11) is 1.80. The van der Waals surface area contributed by atoms with Gasteiger partial charge in [-0.05, 0) is 25.6 Å². The molecule has 0 radical (unpaired) electrons. The van der Waals surface area contributed by atoms with Crippen molar-refractivity contribution in [2.45, 2.75) is 12.5 Å². The number of rotatable bonds is 4. The zero-order valence-electron chi connectivity index (χ0n) is 10.2. The average molecular weight is 255 g/mol. The molecular formula is C13H15F2NO2. The maximum Gasteiger partial charge on any atom is 0.179 e. The molecule has 1 aliphatic heterocycles. The van der Waals surface area contributed by atoms with Crippen LogP contribution in [-0.2, 0) is 4.74 Å². The molecule has 1 aromatic rings. The maximum absolute atomic E-state index is 13.4. The second-order valence-electron chi connectivity index (χ2n) is 4.48. The van der Waals surface area contributed by atoms with Gasteiger partial charge in [-0.1, -0.05) is 0 Å². The standard InChI is InChI=1S/C13H15F2NO2/c1-16(10-4-5-18-8-10)7-13(17)11-3-2-9(14)6-12(11)15/h2-3,6,10H,4-5,7-8H2,1H3. The number of halogens is 2. The van der Waals surface area contributed by atoms with E-state index in [1.165, 1.54) is 6.07 Å². The summed E-state index contributed by atoms with van der Waals surface area (Å²) in [6.07, 6.45) is 0.871. The highest BCUT2D eigenvalue weighted by atomic mass is 19.1. The Bertz CT molecular complexity index is 445. The van der Waals surface area contributed by atoms with Crippen molar-refractivity contribution < 1.29 is 18.3 Å². The van der Waals surface area contributed by atoms with E-state index in [9.17, 15) is 13.6 Å². The minimum atomic E-state index is -0.809. The van der Waals surface area contributed by atoms with E-state index in [0.29, 0.717) is 13.2 Å². The van der Waals surface area contributed by atoms with Crippen molar-refractivity contribution in [3.8, 4) is 0 Å². The van der Waals surface area contributed by atoms with E-state index in [2.05, 4.69) is 0 Å². The highest BCUT2D eigenvalue weighted by Gasteiger charge is 2.23. The lowest BCUT2D eigenvalue weighted by atomic mass is 10.1. The molecule has 1 atom stereocenters. The molecule has 0 amide bonds. The van der Waals surface area contributed by atoms with E-state index >= 15 is 0 Å². The topological polar surface area (TPSA) is 29.5 Å². The first-order valence-electron chi connectivity index (χ1n) is 5.84. The molecule has 0 saturated carbocycles. The van der Waals surface area contributed by atoms with Crippen LogP contribution in [0.2, 0.25) is 0 Å². The zero-order valence-corrected chi connectivity index (χ0v) is 10.2. The number of ketones is 1. The lowest BCUT2D eigenvalue weighted by Crippen LogP contribution is -2.36. The first kappa shape index (κ1) is 13.1. The molecule has 0 bridgehead atoms. The van der Waals surface area contributed by atoms with Crippen LogP contribution in [0.3, 0.4) is 0 Å². The van der Waals surface area contributed by atoms with Crippen molar-refractivity contribution >= 4 is 5.78 Å². The second-order valence-corrected chi connectivity index (χ2v) is 4.48. The zero-order chi connectivity index (χ0) is 13.1. The molecule has 1 heterocycles. The number of Topliss-reactive ketones (excluding diaryl/α,β-unsaturated/α-hetero) is 1. The number of hydrogen-bond donors (Lipinski definition) is 0. The second kappa shape index (κ2) is 5.54. The number of nitrogens with zero attached hydrogens (tertiary/aromatic N) is 1. The van der Waals surface area contributed by atoms with E-state index in [-0.39, 0.29) is 23.9 Å². The number of ether oxygens (including phenoxy) is 1. The van der Waals surface area contributed by atoms with Crippen LogP contribution in [-0.4, -0.2) is 43.5 Å². The smallest absolute Gasteiger partial charge is 0.179 e. The number of carbonyl (C=O) groups excluding carboxylic acids is 1. The fraction of sp³-hybridized carbons (Fsp3) is 0.462. The molecular weight excluding hydrogens is 240 g/mol. The molecule has 1 fully saturated rings. The summed E-state index contributed by atoms with van der Waals surface area (Å²) in [5, 5.41) is 0. The van der Waals surface area contributed by atoms with Gasteiger partial charge in [0.1, 0.15) is 11.6 Å². The van der Waals surface area contributed by atoms with Crippen LogP contribution in [0.5, 0.6) is 0 Å². The molecule has 0 aromatic heterocycles. The average Bonchev–Trinajstić information content (AvgIpc) is 2.81. The molecule has 1 aliphatic rings. The first-order chi connectivity index (χ1) is 8.58. The molecule has 0 N–H and O–H groups in total. The minimum absolute atomic E-state index is 0.0674. The van der Waals surface area contributed by atoms with Gasteiger partial charge in [-0.3, -0.25) is 9.69 Å². The Morgan fingerprint density at radius 1 is 1.50 bits per heavy atom. The summed E-state index contributed by atoms with van der Waals surface area (Å²) in [5.74, 6) is -1.83. The summed E-state index contributed by atoms with van der Waals surface area (Å²) in [6, 6.07) is 3.20. The van der Waals surface area contributed by atoms with Gasteiger partial charge >= 0.3 is 0 Å². The molecule has 5 heteroatoms. The molecule has 1 aromatic carbocycles. The Morgan fingerprint density at radius 2 is 2.28 bits per heavy atom. The molecule has 18 heavy (non-hydrogen) atoms. The predicted molar refractivity (Wildman–Crippen MR) is 62.5 cm³/mol. The third-order valence-corrected chi connectivity index (χ3v) is 3.15. The van der Waals surface area contributed by atoms with E-state index in [0.717, 1.165) is 18.6 Å². The number of likely N-dealkylation sites (N-methyl/N-ethyl adjacent to an activating group) is 1. The fourth-order valence-corrected chi connectivity index (χ4v) is 2.03. The highest BCUT2D eigenvalue weighted by molar-refractivity contribution is 5.97. The number of hydrogen-bond acceptors (Lipinski definition) is 3. The Morgan fingerprint density at radius 3 is 2.89 bits per heavy atom. The van der Waals surface area contributed by atoms with Crippen molar-refractivity contribution in [3.63, 3.8) is 0 Å². The summed E-state index contributed by atoms with van der Waals surface area (Å²) in [6.45, 7) is 1.39. The van der Waals surface area contributed by atoms with E-state index < -0.39 is 11.6 Å². The lowest BCUT2D eigenvalue weighted by Gasteiger charge is -2.21. The summed E-state index contributed by atoms with van der Waals surface area (Å²) in [5.41, 5.74) is -0.0674. The highest BCUT2D eigenvalue weighted by Crippen LogP contribution is 2.14. The van der Waals surface area contributed by atoms with Crippen molar-refractivity contribution in [1.82, 2.24) is 4.90 Å². The van der Waals surface area contributed by atoms with Crippen LogP contribution < -0.4 is 0 Å². The van der Waals surface area contributed by atoms with Gasteiger partial charge in [0.25, 0.3) is 0 Å². The molecule has 1 saturated heterocycles. The van der Waals surface area contributed by atoms with Crippen LogP contribution in [0, 0.1) is 11.6 Å². The van der Waals surface area contributed by atoms with Crippen LogP contribution in [0.1, 0.15) is 16.8 Å². The van der Waals surface area contributed by atoms with Crippen molar-refractivity contribution in [2.75, 3.05) is 26.8 Å². The predicted octanol–water partition coefficient (Wildman–Crippen LogP) is 1.87.